The highest BCUT2D eigenvalue weighted by Crippen LogP contribution is 2.25. The number of benzene rings is 1. The van der Waals surface area contributed by atoms with Crippen LogP contribution < -0.4 is 4.74 Å². The highest BCUT2D eigenvalue weighted by atomic mass is 79.9. The van der Waals surface area contributed by atoms with E-state index in [0.29, 0.717) is 17.0 Å². The molecule has 0 aliphatic carbocycles. The molecule has 0 amide bonds. The van der Waals surface area contributed by atoms with Crippen LogP contribution in [0.5, 0.6) is 5.88 Å². The molecule has 2 aromatic heterocycles. The van der Waals surface area contributed by atoms with Crippen LogP contribution in [0.25, 0.3) is 11.2 Å². The van der Waals surface area contributed by atoms with Gasteiger partial charge in [0, 0.05) is 16.9 Å². The van der Waals surface area contributed by atoms with E-state index in [1.807, 2.05) is 31.2 Å². The zero-order chi connectivity index (χ0) is 13.9. The molecular formula is C14H11BrN4O. The monoisotopic (exact) mass is 330 g/mol. The van der Waals surface area contributed by atoms with Crippen molar-refractivity contribution in [2.45, 2.75) is 13.0 Å². The molecule has 0 saturated carbocycles. The number of rotatable bonds is 3. The van der Waals surface area contributed by atoms with Crippen LogP contribution in [-0.4, -0.2) is 19.9 Å². The smallest absolute Gasteiger partial charge is 0.246 e. The van der Waals surface area contributed by atoms with Gasteiger partial charge in [-0.3, -0.25) is 0 Å². The van der Waals surface area contributed by atoms with E-state index in [1.165, 1.54) is 6.33 Å². The van der Waals surface area contributed by atoms with E-state index in [9.17, 15) is 0 Å². The first kappa shape index (κ1) is 12.9. The van der Waals surface area contributed by atoms with Crippen LogP contribution in [0, 0.1) is 0 Å². The van der Waals surface area contributed by atoms with Crippen molar-refractivity contribution in [2.75, 3.05) is 0 Å². The van der Waals surface area contributed by atoms with Crippen LogP contribution in [0.1, 0.15) is 18.6 Å². The fraction of sp³-hybridized carbons (Fsp3) is 0.143. The number of nitrogens with zero attached hydrogens (tertiary/aromatic N) is 4. The van der Waals surface area contributed by atoms with Crippen LogP contribution in [0.3, 0.4) is 0 Å². The molecule has 2 heterocycles. The third kappa shape index (κ3) is 2.60. The Hall–Kier alpha value is -2.08. The maximum atomic E-state index is 5.89. The highest BCUT2D eigenvalue weighted by Gasteiger charge is 2.12. The molecule has 20 heavy (non-hydrogen) atoms. The fourth-order valence-corrected chi connectivity index (χ4v) is 2.27. The first-order chi connectivity index (χ1) is 9.74. The van der Waals surface area contributed by atoms with Gasteiger partial charge in [-0.25, -0.2) is 15.0 Å². The first-order valence-electron chi connectivity index (χ1n) is 6.08. The van der Waals surface area contributed by atoms with Gasteiger partial charge in [-0.1, -0.05) is 28.1 Å². The maximum absolute atomic E-state index is 5.89. The summed E-state index contributed by atoms with van der Waals surface area (Å²) < 4.78 is 6.91. The van der Waals surface area contributed by atoms with Crippen LogP contribution in [-0.2, 0) is 0 Å². The Bertz CT molecular complexity index is 745. The van der Waals surface area contributed by atoms with Crippen molar-refractivity contribution in [3.8, 4) is 5.88 Å². The average Bonchev–Trinajstić information content (AvgIpc) is 2.47. The van der Waals surface area contributed by atoms with Crippen LogP contribution >= 0.6 is 15.9 Å². The topological polar surface area (TPSA) is 60.8 Å². The number of ether oxygens (including phenoxy) is 1. The summed E-state index contributed by atoms with van der Waals surface area (Å²) in [5.41, 5.74) is 2.14. The van der Waals surface area contributed by atoms with Gasteiger partial charge < -0.3 is 4.74 Å². The Morgan fingerprint density at radius 1 is 1.10 bits per heavy atom. The van der Waals surface area contributed by atoms with Crippen molar-refractivity contribution in [1.82, 2.24) is 19.9 Å². The summed E-state index contributed by atoms with van der Waals surface area (Å²) in [4.78, 5) is 16.6. The van der Waals surface area contributed by atoms with Crippen molar-refractivity contribution in [3.63, 3.8) is 0 Å². The second kappa shape index (κ2) is 5.50. The van der Waals surface area contributed by atoms with Gasteiger partial charge in [0.15, 0.2) is 11.2 Å². The van der Waals surface area contributed by atoms with E-state index >= 15 is 0 Å². The van der Waals surface area contributed by atoms with Gasteiger partial charge in [-0.2, -0.15) is 4.98 Å². The number of fused-ring (bicyclic) bond motifs is 1. The minimum atomic E-state index is -0.146. The molecule has 0 bridgehead atoms. The number of hydrogen-bond acceptors (Lipinski definition) is 5. The Labute approximate surface area is 124 Å². The largest absolute Gasteiger partial charge is 0.468 e. The Balaban J connectivity index is 1.93. The molecule has 1 unspecified atom stereocenters. The minimum Gasteiger partial charge on any atom is -0.468 e. The summed E-state index contributed by atoms with van der Waals surface area (Å²) >= 11 is 3.45. The summed E-state index contributed by atoms with van der Waals surface area (Å²) in [5, 5.41) is 0. The summed E-state index contributed by atoms with van der Waals surface area (Å²) in [6, 6.07) is 7.96. The van der Waals surface area contributed by atoms with Crippen molar-refractivity contribution in [2.24, 2.45) is 0 Å². The number of hydrogen-bond donors (Lipinski definition) is 0. The van der Waals surface area contributed by atoms with Gasteiger partial charge >= 0.3 is 0 Å². The molecule has 6 heteroatoms. The molecule has 0 N–H and O–H groups in total. The molecule has 5 nitrogen and oxygen atoms in total. The van der Waals surface area contributed by atoms with Crippen molar-refractivity contribution in [1.29, 1.82) is 0 Å². The number of halogens is 1. The summed E-state index contributed by atoms with van der Waals surface area (Å²) in [6.45, 7) is 1.96. The zero-order valence-corrected chi connectivity index (χ0v) is 12.3. The molecule has 0 spiro atoms. The molecule has 3 aromatic rings. The predicted molar refractivity (Wildman–Crippen MR) is 78.3 cm³/mol. The molecule has 100 valence electrons. The Morgan fingerprint density at radius 3 is 2.80 bits per heavy atom. The van der Waals surface area contributed by atoms with E-state index < -0.39 is 0 Å². The van der Waals surface area contributed by atoms with Crippen LogP contribution in [0.15, 0.2) is 47.5 Å². The Kier molecular flexibility index (Phi) is 3.56. The van der Waals surface area contributed by atoms with E-state index in [4.69, 9.17) is 4.74 Å². The van der Waals surface area contributed by atoms with E-state index in [0.717, 1.165) is 10.0 Å². The summed E-state index contributed by atoms with van der Waals surface area (Å²) in [5.74, 6) is 0.440. The molecule has 0 aliphatic rings. The van der Waals surface area contributed by atoms with Crippen LogP contribution in [0.2, 0.25) is 0 Å². The lowest BCUT2D eigenvalue weighted by atomic mass is 10.1. The molecule has 0 radical (unpaired) electrons. The quantitative estimate of drug-likeness (QED) is 0.737. The third-order valence-electron chi connectivity index (χ3n) is 2.84. The molecule has 1 aromatic carbocycles. The molecule has 0 aliphatic heterocycles. The van der Waals surface area contributed by atoms with E-state index in [2.05, 4.69) is 35.9 Å². The van der Waals surface area contributed by atoms with Crippen LogP contribution in [0.4, 0.5) is 0 Å². The second-order valence-electron chi connectivity index (χ2n) is 4.22. The predicted octanol–water partition coefficient (Wildman–Crippen LogP) is 3.32. The zero-order valence-electron chi connectivity index (χ0n) is 10.7. The lowest BCUT2D eigenvalue weighted by molar-refractivity contribution is 0.220. The average molecular weight is 331 g/mol. The van der Waals surface area contributed by atoms with Gasteiger partial charge in [0.25, 0.3) is 0 Å². The molecule has 3 rings (SSSR count). The fourth-order valence-electron chi connectivity index (χ4n) is 1.85. The molecule has 0 saturated heterocycles. The second-order valence-corrected chi connectivity index (χ2v) is 5.14. The minimum absolute atomic E-state index is 0.146. The van der Waals surface area contributed by atoms with Gasteiger partial charge in [0.05, 0.1) is 0 Å². The van der Waals surface area contributed by atoms with Crippen molar-refractivity contribution in [3.05, 3.63) is 53.0 Å². The van der Waals surface area contributed by atoms with Gasteiger partial charge in [0.2, 0.25) is 5.88 Å². The van der Waals surface area contributed by atoms with Crippen molar-refractivity contribution >= 4 is 27.1 Å². The van der Waals surface area contributed by atoms with E-state index in [1.54, 1.807) is 12.4 Å². The number of aromatic nitrogens is 4. The standard InChI is InChI=1S/C14H11BrN4O/c1-9(10-3-2-4-11(15)7-10)20-14-12-13(18-8-19-14)17-6-5-16-12/h2-9H,1H3. The molecular weight excluding hydrogens is 320 g/mol. The normalized spacial score (nSPS) is 12.3. The summed E-state index contributed by atoms with van der Waals surface area (Å²) in [7, 11) is 0. The molecule has 0 fully saturated rings. The first-order valence-corrected chi connectivity index (χ1v) is 6.87. The van der Waals surface area contributed by atoms with E-state index in [-0.39, 0.29) is 6.10 Å². The summed E-state index contributed by atoms with van der Waals surface area (Å²) in [6.07, 6.45) is 4.48. The van der Waals surface area contributed by atoms with Gasteiger partial charge in [-0.15, -0.1) is 0 Å². The lowest BCUT2D eigenvalue weighted by Gasteiger charge is -2.14. The Morgan fingerprint density at radius 2 is 1.95 bits per heavy atom. The SMILES string of the molecule is CC(Oc1ncnc2nccnc12)c1cccc(Br)c1. The highest BCUT2D eigenvalue weighted by molar-refractivity contribution is 9.10. The lowest BCUT2D eigenvalue weighted by Crippen LogP contribution is -2.05. The van der Waals surface area contributed by atoms with Crippen molar-refractivity contribution < 1.29 is 4.74 Å². The van der Waals surface area contributed by atoms with Gasteiger partial charge in [0.1, 0.15) is 12.4 Å². The maximum Gasteiger partial charge on any atom is 0.246 e. The molecule has 1 atom stereocenters. The van der Waals surface area contributed by atoms with Gasteiger partial charge in [-0.05, 0) is 24.6 Å². The third-order valence-corrected chi connectivity index (χ3v) is 3.34.